The van der Waals surface area contributed by atoms with Crippen LogP contribution in [0.4, 0.5) is 0 Å². The van der Waals surface area contributed by atoms with Crippen molar-refractivity contribution in [3.8, 4) is 0 Å². The Hall–Kier alpha value is -1.38. The van der Waals surface area contributed by atoms with Gasteiger partial charge in [-0.3, -0.25) is 14.1 Å². The number of carbonyl (C=O) groups excluding carboxylic acids is 1. The van der Waals surface area contributed by atoms with Crippen LogP contribution < -0.4 is 0 Å². The third-order valence-electron chi connectivity index (χ3n) is 5.80. The van der Waals surface area contributed by atoms with Crippen molar-refractivity contribution in [1.29, 1.82) is 0 Å². The second-order valence-corrected chi connectivity index (χ2v) is 11.5. The quantitative estimate of drug-likeness (QED) is 0.434. The van der Waals surface area contributed by atoms with Crippen LogP contribution in [-0.2, 0) is 11.3 Å². The summed E-state index contributed by atoms with van der Waals surface area (Å²) in [6.07, 6.45) is 4.21. The van der Waals surface area contributed by atoms with Crippen molar-refractivity contribution in [2.45, 2.75) is 52.7 Å². The lowest BCUT2D eigenvalue weighted by molar-refractivity contribution is -0.00496. The Morgan fingerprint density at radius 2 is 2.00 bits per heavy atom. The van der Waals surface area contributed by atoms with Crippen molar-refractivity contribution in [2.75, 3.05) is 33.8 Å². The number of carbonyl (C=O) groups is 1. The molecule has 1 amide bonds. The van der Waals surface area contributed by atoms with E-state index in [1.807, 2.05) is 13.2 Å². The third-order valence-corrected chi connectivity index (χ3v) is 6.77. The Morgan fingerprint density at radius 1 is 1.27 bits per heavy atom. The molecule has 1 aliphatic rings. The minimum Gasteiger partial charge on any atom is -0.374 e. The number of rotatable bonds is 6. The lowest BCUT2D eigenvalue weighted by atomic mass is 9.96. The zero-order valence-electron chi connectivity index (χ0n) is 20.4. The average Bonchev–Trinajstić information content (AvgIpc) is 3.34. The second-order valence-electron chi connectivity index (χ2n) is 10.5. The van der Waals surface area contributed by atoms with Crippen molar-refractivity contribution < 1.29 is 9.53 Å². The first-order valence-corrected chi connectivity index (χ1v) is 11.8. The fourth-order valence-electron chi connectivity index (χ4n) is 4.62. The number of imidazole rings is 1. The molecule has 0 saturated carbocycles. The molecule has 2 aromatic heterocycles. The summed E-state index contributed by atoms with van der Waals surface area (Å²) in [6.45, 7) is 12.0. The largest absolute Gasteiger partial charge is 0.374 e. The van der Waals surface area contributed by atoms with E-state index < -0.39 is 0 Å². The molecule has 1 aromatic carbocycles. The number of amides is 1. The first-order valence-electron chi connectivity index (χ1n) is 11.0. The number of benzene rings is 1. The summed E-state index contributed by atoms with van der Waals surface area (Å²) in [5.41, 5.74) is 3.28. The van der Waals surface area contributed by atoms with Gasteiger partial charge in [0.15, 0.2) is 4.96 Å². The highest BCUT2D eigenvalue weighted by Crippen LogP contribution is 2.28. The molecular formula is C24H36Cl2N4O2S. The second kappa shape index (κ2) is 10.5. The van der Waals surface area contributed by atoms with Gasteiger partial charge in [0, 0.05) is 39.5 Å². The van der Waals surface area contributed by atoms with Gasteiger partial charge in [-0.05, 0) is 49.9 Å². The van der Waals surface area contributed by atoms with Gasteiger partial charge in [0.25, 0.3) is 5.91 Å². The lowest BCUT2D eigenvalue weighted by Gasteiger charge is -2.29. The molecule has 0 aliphatic carbocycles. The third kappa shape index (κ3) is 6.40. The van der Waals surface area contributed by atoms with Crippen LogP contribution in [0.25, 0.3) is 16.0 Å². The fraction of sp³-hybridized carbons (Fsp3) is 0.583. The Morgan fingerprint density at radius 3 is 2.64 bits per heavy atom. The number of aromatic nitrogens is 2. The molecule has 1 atom stereocenters. The molecule has 3 heterocycles. The summed E-state index contributed by atoms with van der Waals surface area (Å²) in [4.78, 5) is 23.4. The van der Waals surface area contributed by atoms with E-state index in [0.717, 1.165) is 53.4 Å². The summed E-state index contributed by atoms with van der Waals surface area (Å²) < 4.78 is 8.01. The van der Waals surface area contributed by atoms with Crippen LogP contribution in [0.15, 0.2) is 24.4 Å². The molecule has 9 heteroatoms. The molecule has 0 bridgehead atoms. The Labute approximate surface area is 213 Å². The molecule has 1 aliphatic heterocycles. The van der Waals surface area contributed by atoms with E-state index in [-0.39, 0.29) is 41.7 Å². The van der Waals surface area contributed by atoms with Gasteiger partial charge in [0.05, 0.1) is 16.6 Å². The van der Waals surface area contributed by atoms with Crippen LogP contribution in [0.2, 0.25) is 0 Å². The highest BCUT2D eigenvalue weighted by molar-refractivity contribution is 7.18. The minimum atomic E-state index is -0.0373. The predicted molar refractivity (Wildman–Crippen MR) is 141 cm³/mol. The number of ether oxygens (including phenoxy) is 1. The molecule has 3 aromatic rings. The highest BCUT2D eigenvalue weighted by Gasteiger charge is 2.31. The maximum Gasteiger partial charge on any atom is 0.265 e. The summed E-state index contributed by atoms with van der Waals surface area (Å²) in [5.74, 6) is 0.0549. The number of likely N-dealkylation sites (N-methyl/N-ethyl adjacent to an activating group) is 1. The number of halogens is 2. The van der Waals surface area contributed by atoms with Gasteiger partial charge in [-0.25, -0.2) is 4.98 Å². The maximum atomic E-state index is 12.9. The first kappa shape index (κ1) is 27.9. The molecular weight excluding hydrogens is 479 g/mol. The van der Waals surface area contributed by atoms with E-state index in [0.29, 0.717) is 6.54 Å². The number of hydrogen-bond acceptors (Lipinski definition) is 5. The molecule has 184 valence electrons. The van der Waals surface area contributed by atoms with Crippen molar-refractivity contribution in [1.82, 2.24) is 19.2 Å². The molecule has 6 nitrogen and oxygen atoms in total. The molecule has 1 fully saturated rings. The smallest absolute Gasteiger partial charge is 0.265 e. The molecule has 0 unspecified atom stereocenters. The number of hydrogen-bond donors (Lipinski definition) is 0. The van der Waals surface area contributed by atoms with Gasteiger partial charge in [-0.15, -0.1) is 24.8 Å². The normalized spacial score (nSPS) is 18.5. The molecule has 0 radical (unpaired) electrons. The van der Waals surface area contributed by atoms with Gasteiger partial charge in [-0.1, -0.05) is 38.2 Å². The standard InChI is InChI=1S/C24H34N4O2S.2ClH/c1-23(2,3)15-27(6)21(29)20-14-28-19-12-17(8-9-18(19)25-22(28)31-20)13-26(5)16-24(4)10-7-11-30-24;;/h8-9,12,14H,7,10-11,13,15-16H2,1-6H3;2*1H/t24-;;/m1../s1. The van der Waals surface area contributed by atoms with Crippen molar-refractivity contribution in [3.05, 3.63) is 34.8 Å². The number of nitrogens with zero attached hydrogens (tertiary/aromatic N) is 4. The van der Waals surface area contributed by atoms with E-state index in [1.54, 1.807) is 4.90 Å². The molecule has 4 rings (SSSR count). The van der Waals surface area contributed by atoms with Crippen LogP contribution in [0.3, 0.4) is 0 Å². The van der Waals surface area contributed by atoms with Gasteiger partial charge in [0.1, 0.15) is 4.88 Å². The SMILES string of the molecule is CN(Cc1ccc2nc3sc(C(=O)N(C)CC(C)(C)C)cn3c2c1)C[C@@]1(C)CCCO1.Cl.Cl. The highest BCUT2D eigenvalue weighted by atomic mass is 35.5. The fourth-order valence-corrected chi connectivity index (χ4v) is 5.62. The van der Waals surface area contributed by atoms with Crippen LogP contribution >= 0.6 is 36.2 Å². The van der Waals surface area contributed by atoms with E-state index >= 15 is 0 Å². The van der Waals surface area contributed by atoms with Crippen LogP contribution in [0.1, 0.15) is 55.8 Å². The monoisotopic (exact) mass is 514 g/mol. The lowest BCUT2D eigenvalue weighted by Crippen LogP contribution is -2.38. The number of fused-ring (bicyclic) bond motifs is 3. The van der Waals surface area contributed by atoms with E-state index in [2.05, 4.69) is 62.2 Å². The molecule has 0 N–H and O–H groups in total. The van der Waals surface area contributed by atoms with E-state index in [9.17, 15) is 4.79 Å². The van der Waals surface area contributed by atoms with Crippen LogP contribution in [-0.4, -0.2) is 64.5 Å². The molecule has 0 spiro atoms. The topological polar surface area (TPSA) is 50.1 Å². The van der Waals surface area contributed by atoms with Crippen molar-refractivity contribution >= 4 is 58.1 Å². The van der Waals surface area contributed by atoms with Crippen molar-refractivity contribution in [2.24, 2.45) is 5.41 Å². The molecule has 1 saturated heterocycles. The van der Waals surface area contributed by atoms with Gasteiger partial charge in [0.2, 0.25) is 0 Å². The van der Waals surface area contributed by atoms with Crippen LogP contribution in [0.5, 0.6) is 0 Å². The van der Waals surface area contributed by atoms with E-state index in [1.165, 1.54) is 16.9 Å². The van der Waals surface area contributed by atoms with Gasteiger partial charge >= 0.3 is 0 Å². The summed E-state index contributed by atoms with van der Waals surface area (Å²) in [7, 11) is 4.02. The average molecular weight is 516 g/mol. The maximum absolute atomic E-state index is 12.9. The van der Waals surface area contributed by atoms with Gasteiger partial charge in [-0.2, -0.15) is 0 Å². The zero-order chi connectivity index (χ0) is 22.4. The molecule has 33 heavy (non-hydrogen) atoms. The Bertz CT molecular complexity index is 1100. The summed E-state index contributed by atoms with van der Waals surface area (Å²) >= 11 is 1.46. The van der Waals surface area contributed by atoms with Gasteiger partial charge < -0.3 is 9.64 Å². The van der Waals surface area contributed by atoms with Crippen LogP contribution in [0, 0.1) is 5.41 Å². The van der Waals surface area contributed by atoms with Crippen molar-refractivity contribution in [3.63, 3.8) is 0 Å². The Kier molecular flexibility index (Phi) is 8.85. The first-order chi connectivity index (χ1) is 14.5. The number of thiazole rings is 1. The summed E-state index contributed by atoms with van der Waals surface area (Å²) in [5, 5.41) is 0. The van der Waals surface area contributed by atoms with E-state index in [4.69, 9.17) is 9.72 Å². The zero-order valence-corrected chi connectivity index (χ0v) is 22.8. The minimum absolute atomic E-state index is 0. The Balaban J connectivity index is 0.00000193. The predicted octanol–water partition coefficient (Wildman–Crippen LogP) is 5.51. The summed E-state index contributed by atoms with van der Waals surface area (Å²) in [6, 6.07) is 6.43.